The van der Waals surface area contributed by atoms with Crippen molar-refractivity contribution in [2.24, 2.45) is 5.92 Å². The van der Waals surface area contributed by atoms with Crippen molar-refractivity contribution in [1.82, 2.24) is 4.90 Å². The molecule has 5 nitrogen and oxygen atoms in total. The third-order valence-corrected chi connectivity index (χ3v) is 3.75. The van der Waals surface area contributed by atoms with Crippen LogP contribution in [0.2, 0.25) is 0 Å². The summed E-state index contributed by atoms with van der Waals surface area (Å²) in [6.45, 7) is 8.34. The fourth-order valence-electron chi connectivity index (χ4n) is 2.64. The number of benzene rings is 1. The summed E-state index contributed by atoms with van der Waals surface area (Å²) < 4.78 is 0. The zero-order valence-electron chi connectivity index (χ0n) is 12.5. The molecule has 0 saturated carbocycles. The van der Waals surface area contributed by atoms with E-state index in [1.54, 1.807) is 12.1 Å². The van der Waals surface area contributed by atoms with Crippen LogP contribution in [0.15, 0.2) is 18.2 Å². The number of likely N-dealkylation sites (N-methyl/N-ethyl adjacent to an activating group) is 1. The van der Waals surface area contributed by atoms with Gasteiger partial charge in [0.2, 0.25) is 0 Å². The fraction of sp³-hybridized carbons (Fsp3) is 0.600. The van der Waals surface area contributed by atoms with Gasteiger partial charge in [-0.05, 0) is 31.0 Å². The number of piperazine rings is 1. The number of hydrogen-bond acceptors (Lipinski definition) is 4. The number of hydrogen-bond donors (Lipinski definition) is 0. The number of nitro groups is 1. The lowest BCUT2D eigenvalue weighted by Crippen LogP contribution is -2.44. The zero-order valence-corrected chi connectivity index (χ0v) is 12.5. The predicted molar refractivity (Wildman–Crippen MR) is 81.3 cm³/mol. The van der Waals surface area contributed by atoms with Crippen LogP contribution in [0.25, 0.3) is 0 Å². The molecule has 0 bridgehead atoms. The van der Waals surface area contributed by atoms with E-state index in [1.807, 2.05) is 6.07 Å². The Kier molecular flexibility index (Phi) is 4.60. The van der Waals surface area contributed by atoms with Crippen LogP contribution in [-0.2, 0) is 6.42 Å². The summed E-state index contributed by atoms with van der Waals surface area (Å²) in [4.78, 5) is 15.3. The molecule has 5 heteroatoms. The van der Waals surface area contributed by atoms with E-state index in [0.29, 0.717) is 5.92 Å². The highest BCUT2D eigenvalue weighted by molar-refractivity contribution is 5.58. The summed E-state index contributed by atoms with van der Waals surface area (Å²) >= 11 is 0. The first kappa shape index (κ1) is 14.8. The van der Waals surface area contributed by atoms with Gasteiger partial charge in [0.1, 0.15) is 0 Å². The van der Waals surface area contributed by atoms with E-state index in [1.165, 1.54) is 0 Å². The second-order valence-corrected chi connectivity index (χ2v) is 5.96. The first-order valence-electron chi connectivity index (χ1n) is 7.18. The van der Waals surface area contributed by atoms with Crippen LogP contribution in [-0.4, -0.2) is 43.0 Å². The molecular formula is C15H23N3O2. The van der Waals surface area contributed by atoms with Gasteiger partial charge < -0.3 is 9.80 Å². The van der Waals surface area contributed by atoms with Crippen LogP contribution in [0.3, 0.4) is 0 Å². The van der Waals surface area contributed by atoms with E-state index < -0.39 is 0 Å². The molecular weight excluding hydrogens is 254 g/mol. The predicted octanol–water partition coefficient (Wildman–Crippen LogP) is 2.55. The topological polar surface area (TPSA) is 49.6 Å². The second-order valence-electron chi connectivity index (χ2n) is 5.96. The van der Waals surface area contributed by atoms with E-state index in [0.717, 1.165) is 43.9 Å². The van der Waals surface area contributed by atoms with Crippen molar-refractivity contribution in [3.63, 3.8) is 0 Å². The molecule has 20 heavy (non-hydrogen) atoms. The summed E-state index contributed by atoms with van der Waals surface area (Å²) in [5, 5.41) is 11.0. The SMILES string of the molecule is CC(C)Cc1cc([N+](=O)[O-])ccc1N1CCN(C)CC1. The van der Waals surface area contributed by atoms with Gasteiger partial charge in [-0.25, -0.2) is 0 Å². The Bertz CT molecular complexity index is 480. The van der Waals surface area contributed by atoms with Gasteiger partial charge in [0.15, 0.2) is 0 Å². The number of anilines is 1. The number of nitro benzene ring substituents is 1. The highest BCUT2D eigenvalue weighted by Crippen LogP contribution is 2.28. The van der Waals surface area contributed by atoms with Crippen molar-refractivity contribution in [1.29, 1.82) is 0 Å². The van der Waals surface area contributed by atoms with E-state index in [-0.39, 0.29) is 10.6 Å². The minimum atomic E-state index is -0.308. The Hall–Kier alpha value is -1.62. The Morgan fingerprint density at radius 3 is 2.45 bits per heavy atom. The van der Waals surface area contributed by atoms with Crippen LogP contribution in [0.1, 0.15) is 19.4 Å². The van der Waals surface area contributed by atoms with Crippen LogP contribution < -0.4 is 4.90 Å². The molecule has 0 aromatic heterocycles. The lowest BCUT2D eigenvalue weighted by atomic mass is 9.99. The molecule has 0 spiro atoms. The van der Waals surface area contributed by atoms with Gasteiger partial charge in [-0.1, -0.05) is 13.8 Å². The van der Waals surface area contributed by atoms with Crippen molar-refractivity contribution in [3.05, 3.63) is 33.9 Å². The van der Waals surface area contributed by atoms with Gasteiger partial charge in [0, 0.05) is 44.0 Å². The molecule has 0 atom stereocenters. The maximum absolute atomic E-state index is 11.0. The van der Waals surface area contributed by atoms with Crippen LogP contribution in [0.4, 0.5) is 11.4 Å². The first-order chi connectivity index (χ1) is 9.47. The molecule has 0 amide bonds. The van der Waals surface area contributed by atoms with Crippen molar-refractivity contribution < 1.29 is 4.92 Å². The average molecular weight is 277 g/mol. The Labute approximate surface area is 120 Å². The Balaban J connectivity index is 2.28. The largest absolute Gasteiger partial charge is 0.369 e. The second kappa shape index (κ2) is 6.22. The lowest BCUT2D eigenvalue weighted by Gasteiger charge is -2.35. The molecule has 0 radical (unpaired) electrons. The van der Waals surface area contributed by atoms with Crippen molar-refractivity contribution in [2.75, 3.05) is 38.1 Å². The smallest absolute Gasteiger partial charge is 0.269 e. The van der Waals surface area contributed by atoms with Gasteiger partial charge in [-0.2, -0.15) is 0 Å². The van der Waals surface area contributed by atoms with Crippen LogP contribution >= 0.6 is 0 Å². The van der Waals surface area contributed by atoms with Gasteiger partial charge in [-0.15, -0.1) is 0 Å². The van der Waals surface area contributed by atoms with Gasteiger partial charge in [0.05, 0.1) is 4.92 Å². The number of rotatable bonds is 4. The molecule has 0 aliphatic carbocycles. The maximum atomic E-state index is 11.0. The highest BCUT2D eigenvalue weighted by Gasteiger charge is 2.19. The molecule has 0 N–H and O–H groups in total. The average Bonchev–Trinajstić information content (AvgIpc) is 2.39. The fourth-order valence-corrected chi connectivity index (χ4v) is 2.64. The molecule has 0 unspecified atom stereocenters. The Morgan fingerprint density at radius 1 is 1.25 bits per heavy atom. The quantitative estimate of drug-likeness (QED) is 0.627. The molecule has 1 aromatic carbocycles. The third kappa shape index (κ3) is 3.48. The first-order valence-corrected chi connectivity index (χ1v) is 7.18. The highest BCUT2D eigenvalue weighted by atomic mass is 16.6. The molecule has 1 aliphatic rings. The van der Waals surface area contributed by atoms with E-state index in [2.05, 4.69) is 30.7 Å². The molecule has 110 valence electrons. The molecule has 1 aromatic rings. The summed E-state index contributed by atoms with van der Waals surface area (Å²) in [6.07, 6.45) is 0.878. The van der Waals surface area contributed by atoms with E-state index in [4.69, 9.17) is 0 Å². The van der Waals surface area contributed by atoms with E-state index in [9.17, 15) is 10.1 Å². The molecule has 1 saturated heterocycles. The summed E-state index contributed by atoms with van der Waals surface area (Å²) in [7, 11) is 2.13. The molecule has 1 heterocycles. The van der Waals surface area contributed by atoms with Crippen molar-refractivity contribution >= 4 is 11.4 Å². The third-order valence-electron chi connectivity index (χ3n) is 3.75. The van der Waals surface area contributed by atoms with Crippen molar-refractivity contribution in [3.8, 4) is 0 Å². The lowest BCUT2D eigenvalue weighted by molar-refractivity contribution is -0.384. The van der Waals surface area contributed by atoms with Crippen LogP contribution in [0.5, 0.6) is 0 Å². The van der Waals surface area contributed by atoms with Gasteiger partial charge in [-0.3, -0.25) is 10.1 Å². The summed E-state index contributed by atoms with van der Waals surface area (Å²) in [6, 6.07) is 5.28. The monoisotopic (exact) mass is 277 g/mol. The van der Waals surface area contributed by atoms with E-state index >= 15 is 0 Å². The standard InChI is InChI=1S/C15H23N3O2/c1-12(2)10-13-11-14(18(19)20)4-5-15(13)17-8-6-16(3)7-9-17/h4-5,11-12H,6-10H2,1-3H3. The Morgan fingerprint density at radius 2 is 1.90 bits per heavy atom. The molecule has 2 rings (SSSR count). The number of non-ortho nitro benzene ring substituents is 1. The van der Waals surface area contributed by atoms with Crippen molar-refractivity contribution in [2.45, 2.75) is 20.3 Å². The normalized spacial score (nSPS) is 16.7. The summed E-state index contributed by atoms with van der Waals surface area (Å²) in [5.74, 6) is 0.489. The molecule has 1 aliphatic heterocycles. The summed E-state index contributed by atoms with van der Waals surface area (Å²) in [5.41, 5.74) is 2.45. The number of nitrogens with zero attached hydrogens (tertiary/aromatic N) is 3. The maximum Gasteiger partial charge on any atom is 0.269 e. The molecule has 1 fully saturated rings. The minimum absolute atomic E-state index is 0.193. The zero-order chi connectivity index (χ0) is 14.7. The van der Waals surface area contributed by atoms with Gasteiger partial charge in [0.25, 0.3) is 5.69 Å². The van der Waals surface area contributed by atoms with Crippen LogP contribution in [0, 0.1) is 16.0 Å². The minimum Gasteiger partial charge on any atom is -0.369 e. The van der Waals surface area contributed by atoms with Gasteiger partial charge >= 0.3 is 0 Å².